The zero-order valence-electron chi connectivity index (χ0n) is 24.9. The molecule has 11 nitrogen and oxygen atoms in total. The highest BCUT2D eigenvalue weighted by atomic mass is 32.1. The van der Waals surface area contributed by atoms with Gasteiger partial charge in [0.15, 0.2) is 17.4 Å². The monoisotopic (exact) mass is 622 g/mol. The molecule has 6 heterocycles. The first-order chi connectivity index (χ1) is 22.1. The Balaban J connectivity index is 1.01. The number of allylic oxidation sites excluding steroid dienone is 1. The van der Waals surface area contributed by atoms with Gasteiger partial charge in [0.05, 0.1) is 35.1 Å². The number of fused-ring (bicyclic) bond motifs is 2. The van der Waals surface area contributed by atoms with Gasteiger partial charge in [-0.2, -0.15) is 5.10 Å². The van der Waals surface area contributed by atoms with Crippen molar-refractivity contribution in [3.05, 3.63) is 71.5 Å². The third-order valence-corrected chi connectivity index (χ3v) is 9.40. The van der Waals surface area contributed by atoms with E-state index in [0.717, 1.165) is 70.8 Å². The maximum atomic E-state index is 12.9. The lowest BCUT2D eigenvalue weighted by Gasteiger charge is -2.34. The van der Waals surface area contributed by atoms with Crippen LogP contribution in [-0.4, -0.2) is 99.1 Å². The van der Waals surface area contributed by atoms with E-state index in [-0.39, 0.29) is 24.5 Å². The largest absolute Gasteiger partial charge is 0.378 e. The Morgan fingerprint density at radius 1 is 0.978 bits per heavy atom. The van der Waals surface area contributed by atoms with E-state index in [1.807, 2.05) is 41.4 Å². The maximum absolute atomic E-state index is 12.9. The molecule has 45 heavy (non-hydrogen) atoms. The molecule has 1 aromatic carbocycles. The van der Waals surface area contributed by atoms with Crippen molar-refractivity contribution in [2.75, 3.05) is 57.4 Å². The third kappa shape index (κ3) is 6.63. The summed E-state index contributed by atoms with van der Waals surface area (Å²) in [7, 11) is 0. The molecule has 5 aromatic rings. The molecule has 2 aliphatic heterocycles. The molecule has 0 unspecified atom stereocenters. The number of H-pyrrole nitrogens is 1. The number of piperazine rings is 1. The smallest absolute Gasteiger partial charge is 0.223 e. The number of carbonyl (C=O) groups excluding carboxylic acids is 2. The van der Waals surface area contributed by atoms with Crippen molar-refractivity contribution in [3.8, 4) is 11.4 Å². The van der Waals surface area contributed by atoms with E-state index in [1.165, 1.54) is 4.88 Å². The van der Waals surface area contributed by atoms with Gasteiger partial charge in [0.1, 0.15) is 0 Å². The zero-order valence-corrected chi connectivity index (χ0v) is 25.7. The number of ether oxygens (including phenoxy) is 1. The number of carbonyl (C=O) groups is 2. The number of nitrogens with one attached hydrogen (secondary N) is 1. The van der Waals surface area contributed by atoms with Crippen LogP contribution < -0.4 is 4.90 Å². The number of hydrogen-bond acceptors (Lipinski definition) is 10. The van der Waals surface area contributed by atoms with E-state index in [9.17, 15) is 9.59 Å². The van der Waals surface area contributed by atoms with Gasteiger partial charge in [-0.25, -0.2) is 9.97 Å². The molecule has 0 saturated carbocycles. The summed E-state index contributed by atoms with van der Waals surface area (Å²) >= 11 is 1.75. The lowest BCUT2D eigenvalue weighted by atomic mass is 10.1. The molecule has 12 heteroatoms. The van der Waals surface area contributed by atoms with Gasteiger partial charge in [-0.05, 0) is 35.9 Å². The minimum absolute atomic E-state index is 0.0350. The lowest BCUT2D eigenvalue weighted by Crippen LogP contribution is -2.48. The molecule has 2 aliphatic rings. The number of pyridine rings is 1. The highest BCUT2D eigenvalue weighted by molar-refractivity contribution is 7.19. The van der Waals surface area contributed by atoms with Crippen LogP contribution in [0, 0.1) is 0 Å². The first-order valence-electron chi connectivity index (χ1n) is 15.3. The average Bonchev–Trinajstić information content (AvgIpc) is 3.74. The highest BCUT2D eigenvalue weighted by Crippen LogP contribution is 2.36. The van der Waals surface area contributed by atoms with Gasteiger partial charge >= 0.3 is 0 Å². The molecule has 0 bridgehead atoms. The Bertz CT molecular complexity index is 1840. The summed E-state index contributed by atoms with van der Waals surface area (Å²) in [5.74, 6) is 1.63. The maximum Gasteiger partial charge on any atom is 0.223 e. The predicted molar refractivity (Wildman–Crippen MR) is 175 cm³/mol. The summed E-state index contributed by atoms with van der Waals surface area (Å²) in [5.41, 5.74) is 3.77. The van der Waals surface area contributed by atoms with Gasteiger partial charge in [-0.15, -0.1) is 11.3 Å². The second-order valence-corrected chi connectivity index (χ2v) is 12.4. The number of aromatic amines is 1. The highest BCUT2D eigenvalue weighted by Gasteiger charge is 2.24. The summed E-state index contributed by atoms with van der Waals surface area (Å²) in [5, 5.41) is 8.27. The molecule has 2 saturated heterocycles. The molecular formula is C33H34N8O3S. The van der Waals surface area contributed by atoms with Crippen molar-refractivity contribution in [1.29, 1.82) is 0 Å². The van der Waals surface area contributed by atoms with Crippen LogP contribution in [0.1, 0.15) is 23.3 Å². The van der Waals surface area contributed by atoms with Gasteiger partial charge in [-0.3, -0.25) is 24.6 Å². The first kappa shape index (κ1) is 29.2. The standard InChI is InChI=1S/C33H34N8O3S/c42-24(5-4-23-8-10-34-11-9-23)6-7-30(43)40-14-12-39(13-15-40)22-25-20-29-31(45-25)33(41-16-18-44-19-17-41)37-32(36-29)26-2-1-3-28-27(26)21-35-38-28/h1-5,8-11,20-21H,6-7,12-19,22H2,(H,35,38)/b5-4+. The molecule has 0 aliphatic carbocycles. The summed E-state index contributed by atoms with van der Waals surface area (Å²) in [6.07, 6.45) is 8.95. The molecule has 0 spiro atoms. The number of morpholine rings is 1. The fourth-order valence-corrected chi connectivity index (χ4v) is 6.98. The van der Waals surface area contributed by atoms with Crippen LogP contribution in [-0.2, 0) is 20.9 Å². The molecule has 1 N–H and O–H groups in total. The van der Waals surface area contributed by atoms with Crippen LogP contribution in [0.4, 0.5) is 5.82 Å². The number of ketones is 1. The number of aromatic nitrogens is 5. The van der Waals surface area contributed by atoms with Crippen LogP contribution in [0.15, 0.2) is 61.1 Å². The molecule has 7 rings (SSSR count). The molecular weight excluding hydrogens is 588 g/mol. The fourth-order valence-electron chi connectivity index (χ4n) is 5.83. The number of anilines is 1. The lowest BCUT2D eigenvalue weighted by molar-refractivity contribution is -0.134. The molecule has 4 aromatic heterocycles. The quantitative estimate of drug-likeness (QED) is 0.242. The second-order valence-electron chi connectivity index (χ2n) is 11.3. The second kappa shape index (κ2) is 13.2. The van der Waals surface area contributed by atoms with E-state index in [4.69, 9.17) is 14.7 Å². The number of benzene rings is 1. The predicted octanol–water partition coefficient (Wildman–Crippen LogP) is 4.17. The number of amides is 1. The van der Waals surface area contributed by atoms with Crippen molar-refractivity contribution in [3.63, 3.8) is 0 Å². The Morgan fingerprint density at radius 2 is 1.80 bits per heavy atom. The van der Waals surface area contributed by atoms with E-state index in [0.29, 0.717) is 32.1 Å². The van der Waals surface area contributed by atoms with Crippen molar-refractivity contribution in [1.82, 2.24) is 34.9 Å². The third-order valence-electron chi connectivity index (χ3n) is 8.30. The molecule has 0 radical (unpaired) electrons. The van der Waals surface area contributed by atoms with Crippen molar-refractivity contribution >= 4 is 56.0 Å². The van der Waals surface area contributed by atoms with E-state index < -0.39 is 0 Å². The zero-order chi connectivity index (χ0) is 30.6. The molecule has 2 fully saturated rings. The van der Waals surface area contributed by atoms with Crippen molar-refractivity contribution < 1.29 is 14.3 Å². The van der Waals surface area contributed by atoms with Gasteiger partial charge < -0.3 is 14.5 Å². The molecule has 0 atom stereocenters. The Hall–Kier alpha value is -4.52. The number of hydrogen-bond donors (Lipinski definition) is 1. The number of thiophene rings is 1. The normalized spacial score (nSPS) is 16.3. The van der Waals surface area contributed by atoms with Gasteiger partial charge in [-0.1, -0.05) is 18.2 Å². The summed E-state index contributed by atoms with van der Waals surface area (Å²) < 4.78 is 6.72. The Kier molecular flexibility index (Phi) is 8.58. The Morgan fingerprint density at radius 3 is 2.62 bits per heavy atom. The summed E-state index contributed by atoms with van der Waals surface area (Å²) in [6, 6.07) is 11.9. The average molecular weight is 623 g/mol. The van der Waals surface area contributed by atoms with Crippen molar-refractivity contribution in [2.45, 2.75) is 19.4 Å². The van der Waals surface area contributed by atoms with Gasteiger partial charge in [0.2, 0.25) is 5.91 Å². The summed E-state index contributed by atoms with van der Waals surface area (Å²) in [6.45, 7) is 6.60. The number of rotatable bonds is 9. The van der Waals surface area contributed by atoms with Crippen LogP contribution >= 0.6 is 11.3 Å². The van der Waals surface area contributed by atoms with Crippen LogP contribution in [0.5, 0.6) is 0 Å². The van der Waals surface area contributed by atoms with Gasteiger partial charge in [0, 0.05) is 86.9 Å². The number of nitrogens with zero attached hydrogens (tertiary/aromatic N) is 7. The van der Waals surface area contributed by atoms with E-state index in [2.05, 4.69) is 31.0 Å². The minimum atomic E-state index is -0.0484. The van der Waals surface area contributed by atoms with Crippen LogP contribution in [0.25, 0.3) is 38.6 Å². The molecule has 230 valence electrons. The van der Waals surface area contributed by atoms with Crippen LogP contribution in [0.2, 0.25) is 0 Å². The minimum Gasteiger partial charge on any atom is -0.378 e. The van der Waals surface area contributed by atoms with Gasteiger partial charge in [0.25, 0.3) is 0 Å². The summed E-state index contributed by atoms with van der Waals surface area (Å²) in [4.78, 5) is 47.1. The SMILES string of the molecule is O=C(/C=C/c1ccncc1)CCC(=O)N1CCN(Cc2cc3nc(-c4cccc5[nH]ncc45)nc(N4CCOCC4)c3s2)CC1. The Labute approximate surface area is 264 Å². The molecule has 1 amide bonds. The fraction of sp³-hybridized carbons (Fsp3) is 0.333. The topological polar surface area (TPSA) is 120 Å². The first-order valence-corrected chi connectivity index (χ1v) is 16.1. The van der Waals surface area contributed by atoms with Crippen LogP contribution in [0.3, 0.4) is 0 Å². The van der Waals surface area contributed by atoms with E-state index >= 15 is 0 Å². The van der Waals surface area contributed by atoms with Crippen molar-refractivity contribution in [2.24, 2.45) is 0 Å². The van der Waals surface area contributed by atoms with E-state index in [1.54, 1.807) is 35.9 Å².